The molecule has 0 radical (unpaired) electrons. The minimum Gasteiger partial charge on any atom is -0.506 e. The summed E-state index contributed by atoms with van der Waals surface area (Å²) in [6.45, 7) is 0. The summed E-state index contributed by atoms with van der Waals surface area (Å²) in [4.78, 5) is 15.4. The van der Waals surface area contributed by atoms with Crippen molar-refractivity contribution in [1.29, 1.82) is 0 Å². The molecule has 0 unspecified atom stereocenters. The van der Waals surface area contributed by atoms with Crippen LogP contribution >= 0.6 is 11.6 Å². The normalized spacial score (nSPS) is 10.8. The fourth-order valence-electron chi connectivity index (χ4n) is 2.48. The van der Waals surface area contributed by atoms with Crippen molar-refractivity contribution in [3.8, 4) is 5.75 Å². The maximum Gasteiger partial charge on any atom is 0.339 e. The Kier molecular flexibility index (Phi) is 3.69. The maximum absolute atomic E-state index is 11.3. The fraction of sp³-hybridized carbons (Fsp3) is 0.0588. The van der Waals surface area contributed by atoms with Crippen LogP contribution in [0.1, 0.15) is 21.5 Å². The lowest BCUT2D eigenvalue weighted by Gasteiger charge is -2.11. The summed E-state index contributed by atoms with van der Waals surface area (Å²) in [5.74, 6) is -1.36. The number of rotatable bonds is 3. The van der Waals surface area contributed by atoms with Crippen LogP contribution in [-0.4, -0.2) is 21.2 Å². The number of halogens is 1. The lowest BCUT2D eigenvalue weighted by atomic mass is 9.95. The van der Waals surface area contributed by atoms with Crippen molar-refractivity contribution in [2.45, 2.75) is 6.42 Å². The average Bonchev–Trinajstić information content (AvgIpc) is 2.52. The topological polar surface area (TPSA) is 70.4 Å². The first kappa shape index (κ1) is 14.4. The van der Waals surface area contributed by atoms with Crippen LogP contribution in [0.4, 0.5) is 0 Å². The van der Waals surface area contributed by atoms with Crippen molar-refractivity contribution >= 4 is 28.3 Å². The molecule has 3 aromatic rings. The monoisotopic (exact) mass is 313 g/mol. The number of aromatic nitrogens is 1. The van der Waals surface area contributed by atoms with Crippen LogP contribution in [0.15, 0.2) is 48.7 Å². The number of carboxylic acids is 1. The first-order valence-electron chi connectivity index (χ1n) is 6.63. The Morgan fingerprint density at radius 2 is 1.86 bits per heavy atom. The van der Waals surface area contributed by atoms with Gasteiger partial charge in [0.1, 0.15) is 16.5 Å². The zero-order chi connectivity index (χ0) is 15.7. The minimum atomic E-state index is -1.15. The van der Waals surface area contributed by atoms with Gasteiger partial charge >= 0.3 is 5.97 Å². The molecule has 0 bridgehead atoms. The molecule has 1 heterocycles. The maximum atomic E-state index is 11.3. The van der Waals surface area contributed by atoms with E-state index in [2.05, 4.69) is 4.98 Å². The molecule has 4 nitrogen and oxygen atoms in total. The Hall–Kier alpha value is -2.59. The second-order valence-electron chi connectivity index (χ2n) is 4.95. The van der Waals surface area contributed by atoms with Crippen LogP contribution in [0.5, 0.6) is 5.75 Å². The minimum absolute atomic E-state index is 0.101. The van der Waals surface area contributed by atoms with Gasteiger partial charge in [0.15, 0.2) is 0 Å². The van der Waals surface area contributed by atoms with Gasteiger partial charge < -0.3 is 10.2 Å². The van der Waals surface area contributed by atoms with Gasteiger partial charge in [-0.15, -0.1) is 0 Å². The molecule has 0 amide bonds. The van der Waals surface area contributed by atoms with Gasteiger partial charge in [-0.2, -0.15) is 0 Å². The van der Waals surface area contributed by atoms with Gasteiger partial charge in [-0.25, -0.2) is 9.78 Å². The second-order valence-corrected chi connectivity index (χ2v) is 5.34. The van der Waals surface area contributed by atoms with E-state index in [0.717, 1.165) is 16.5 Å². The van der Waals surface area contributed by atoms with Gasteiger partial charge in [0.2, 0.25) is 0 Å². The van der Waals surface area contributed by atoms with Crippen LogP contribution in [0.3, 0.4) is 0 Å². The molecule has 5 heteroatoms. The molecule has 0 atom stereocenters. The second kappa shape index (κ2) is 5.66. The molecule has 0 spiro atoms. The summed E-state index contributed by atoms with van der Waals surface area (Å²) in [5, 5.41) is 21.2. The SMILES string of the molecule is O=C(O)c1cc(Cc2ccc(Cl)nc2)c2ccccc2c1O. The zero-order valence-electron chi connectivity index (χ0n) is 11.5. The number of carboxylic acid groups (broad SMARTS) is 1. The van der Waals surface area contributed by atoms with Gasteiger partial charge in [0, 0.05) is 11.6 Å². The number of hydrogen-bond donors (Lipinski definition) is 2. The summed E-state index contributed by atoms with van der Waals surface area (Å²) < 4.78 is 0. The van der Waals surface area contributed by atoms with E-state index < -0.39 is 5.97 Å². The molecule has 110 valence electrons. The number of aromatic hydroxyl groups is 1. The molecule has 2 aromatic carbocycles. The van der Waals surface area contributed by atoms with Crippen molar-refractivity contribution in [2.24, 2.45) is 0 Å². The largest absolute Gasteiger partial charge is 0.506 e. The summed E-state index contributed by atoms with van der Waals surface area (Å²) in [6, 6.07) is 12.2. The highest BCUT2D eigenvalue weighted by Gasteiger charge is 2.16. The van der Waals surface area contributed by atoms with Crippen LogP contribution < -0.4 is 0 Å². The summed E-state index contributed by atoms with van der Waals surface area (Å²) in [6.07, 6.45) is 2.16. The number of aromatic carboxylic acids is 1. The van der Waals surface area contributed by atoms with E-state index in [1.165, 1.54) is 6.07 Å². The van der Waals surface area contributed by atoms with Gasteiger partial charge in [0.25, 0.3) is 0 Å². The molecule has 1 aromatic heterocycles. The first-order valence-corrected chi connectivity index (χ1v) is 7.01. The number of nitrogens with zero attached hydrogens (tertiary/aromatic N) is 1. The van der Waals surface area contributed by atoms with Crippen LogP contribution in [0.25, 0.3) is 10.8 Å². The van der Waals surface area contributed by atoms with Crippen LogP contribution in [0.2, 0.25) is 5.15 Å². The quantitative estimate of drug-likeness (QED) is 0.720. The Bertz CT molecular complexity index is 860. The highest BCUT2D eigenvalue weighted by atomic mass is 35.5. The Morgan fingerprint density at radius 1 is 1.14 bits per heavy atom. The van der Waals surface area contributed by atoms with Crippen molar-refractivity contribution < 1.29 is 15.0 Å². The Balaban J connectivity index is 2.17. The Morgan fingerprint density at radius 3 is 2.50 bits per heavy atom. The number of carbonyl (C=O) groups is 1. The summed E-state index contributed by atoms with van der Waals surface area (Å²) >= 11 is 5.78. The lowest BCUT2D eigenvalue weighted by Crippen LogP contribution is -2.01. The molecular weight excluding hydrogens is 302 g/mol. The van der Waals surface area contributed by atoms with Crippen molar-refractivity contribution in [1.82, 2.24) is 4.98 Å². The fourth-order valence-corrected chi connectivity index (χ4v) is 2.59. The first-order chi connectivity index (χ1) is 10.6. The van der Waals surface area contributed by atoms with E-state index in [1.807, 2.05) is 18.2 Å². The summed E-state index contributed by atoms with van der Waals surface area (Å²) in [7, 11) is 0. The number of fused-ring (bicyclic) bond motifs is 1. The number of hydrogen-bond acceptors (Lipinski definition) is 3. The standard InChI is InChI=1S/C17H12ClNO3/c18-15-6-5-10(9-19-15)7-11-8-14(17(21)22)16(20)13-4-2-1-3-12(11)13/h1-6,8-9,20H,7H2,(H,21,22). The third kappa shape index (κ3) is 2.61. The molecule has 2 N–H and O–H groups in total. The molecule has 0 saturated carbocycles. The van der Waals surface area contributed by atoms with E-state index in [4.69, 9.17) is 11.6 Å². The molecular formula is C17H12ClNO3. The predicted octanol–water partition coefficient (Wildman–Crippen LogP) is 3.88. The van der Waals surface area contributed by atoms with E-state index in [1.54, 1.807) is 24.4 Å². The zero-order valence-corrected chi connectivity index (χ0v) is 12.2. The number of phenols is 1. The van der Waals surface area contributed by atoms with E-state index in [0.29, 0.717) is 17.0 Å². The molecule has 3 rings (SSSR count). The molecule has 0 saturated heterocycles. The third-order valence-corrected chi connectivity index (χ3v) is 3.74. The lowest BCUT2D eigenvalue weighted by molar-refractivity contribution is 0.0694. The predicted molar refractivity (Wildman–Crippen MR) is 84.6 cm³/mol. The van der Waals surface area contributed by atoms with Gasteiger partial charge in [0.05, 0.1) is 0 Å². The highest BCUT2D eigenvalue weighted by molar-refractivity contribution is 6.29. The van der Waals surface area contributed by atoms with Gasteiger partial charge in [-0.3, -0.25) is 0 Å². The average molecular weight is 314 g/mol. The van der Waals surface area contributed by atoms with Crippen molar-refractivity contribution in [3.05, 3.63) is 70.5 Å². The van der Waals surface area contributed by atoms with E-state index in [-0.39, 0.29) is 11.3 Å². The molecule has 0 aliphatic heterocycles. The third-order valence-electron chi connectivity index (χ3n) is 3.52. The summed E-state index contributed by atoms with van der Waals surface area (Å²) in [5.41, 5.74) is 1.63. The number of benzene rings is 2. The van der Waals surface area contributed by atoms with E-state index >= 15 is 0 Å². The van der Waals surface area contributed by atoms with Gasteiger partial charge in [-0.1, -0.05) is 41.9 Å². The molecule has 0 aliphatic carbocycles. The van der Waals surface area contributed by atoms with Crippen molar-refractivity contribution in [3.63, 3.8) is 0 Å². The highest BCUT2D eigenvalue weighted by Crippen LogP contribution is 2.32. The molecule has 0 aliphatic rings. The molecule has 22 heavy (non-hydrogen) atoms. The van der Waals surface area contributed by atoms with Crippen molar-refractivity contribution in [2.75, 3.05) is 0 Å². The van der Waals surface area contributed by atoms with Crippen LogP contribution in [-0.2, 0) is 6.42 Å². The smallest absolute Gasteiger partial charge is 0.339 e. The molecule has 0 fully saturated rings. The number of pyridine rings is 1. The van der Waals surface area contributed by atoms with Gasteiger partial charge in [-0.05, 0) is 35.1 Å². The van der Waals surface area contributed by atoms with E-state index in [9.17, 15) is 15.0 Å². The Labute approximate surface area is 131 Å². The van der Waals surface area contributed by atoms with Crippen LogP contribution in [0, 0.1) is 0 Å².